The van der Waals surface area contributed by atoms with Crippen molar-refractivity contribution < 1.29 is 14.1 Å². The fourth-order valence-electron chi connectivity index (χ4n) is 2.64. The molecule has 1 aliphatic heterocycles. The molecule has 2 N–H and O–H groups in total. The molecule has 1 atom stereocenters. The summed E-state index contributed by atoms with van der Waals surface area (Å²) in [4.78, 5) is 16.1. The van der Waals surface area contributed by atoms with E-state index >= 15 is 0 Å². The molecule has 0 bridgehead atoms. The highest BCUT2D eigenvalue weighted by Gasteiger charge is 2.15. The van der Waals surface area contributed by atoms with Crippen LogP contribution in [0.4, 0.5) is 0 Å². The van der Waals surface area contributed by atoms with Gasteiger partial charge in [0.05, 0.1) is 19.2 Å². The largest absolute Gasteiger partial charge is 0.377 e. The molecular formula is C17H22N4O3. The van der Waals surface area contributed by atoms with Crippen LogP contribution in [0.2, 0.25) is 0 Å². The van der Waals surface area contributed by atoms with Crippen LogP contribution < -0.4 is 10.6 Å². The molecule has 7 nitrogen and oxygen atoms in total. The highest BCUT2D eigenvalue weighted by molar-refractivity contribution is 5.77. The zero-order chi connectivity index (χ0) is 16.8. The molecule has 128 valence electrons. The Morgan fingerprint density at radius 3 is 3.04 bits per heavy atom. The lowest BCUT2D eigenvalue weighted by molar-refractivity contribution is -0.120. The van der Waals surface area contributed by atoms with Crippen molar-refractivity contribution in [2.24, 2.45) is 0 Å². The minimum atomic E-state index is -0.102. The molecule has 3 rings (SSSR count). The predicted octanol–water partition coefficient (Wildman–Crippen LogP) is 1.43. The summed E-state index contributed by atoms with van der Waals surface area (Å²) in [6.45, 7) is 4.01. The Labute approximate surface area is 140 Å². The predicted molar refractivity (Wildman–Crippen MR) is 88.2 cm³/mol. The lowest BCUT2D eigenvalue weighted by Crippen LogP contribution is -2.37. The lowest BCUT2D eigenvalue weighted by Gasteiger charge is -2.10. The average molecular weight is 330 g/mol. The zero-order valence-electron chi connectivity index (χ0n) is 13.7. The van der Waals surface area contributed by atoms with E-state index in [0.29, 0.717) is 18.3 Å². The molecule has 1 aromatic heterocycles. The number of carbonyl (C=O) groups is 1. The molecule has 1 amide bonds. The molecule has 0 radical (unpaired) electrons. The Kier molecular flexibility index (Phi) is 5.55. The van der Waals surface area contributed by atoms with Crippen molar-refractivity contribution in [3.05, 3.63) is 35.7 Å². The van der Waals surface area contributed by atoms with Gasteiger partial charge in [-0.3, -0.25) is 4.79 Å². The SMILES string of the molecule is Cc1ccccc1-c1nc(CNC(=O)CNCC2CCCO2)no1. The number of nitrogens with zero attached hydrogens (tertiary/aromatic N) is 2. The molecule has 0 aliphatic carbocycles. The molecular weight excluding hydrogens is 308 g/mol. The summed E-state index contributed by atoms with van der Waals surface area (Å²) in [6.07, 6.45) is 2.38. The molecule has 7 heteroatoms. The first kappa shape index (κ1) is 16.6. The first-order valence-corrected chi connectivity index (χ1v) is 8.20. The van der Waals surface area contributed by atoms with Gasteiger partial charge in [0.2, 0.25) is 5.91 Å². The topological polar surface area (TPSA) is 89.3 Å². The third-order valence-electron chi connectivity index (χ3n) is 3.97. The number of rotatable bonds is 7. The van der Waals surface area contributed by atoms with Crippen LogP contribution in [-0.2, 0) is 16.1 Å². The summed E-state index contributed by atoms with van der Waals surface area (Å²) >= 11 is 0. The van der Waals surface area contributed by atoms with Crippen molar-refractivity contribution >= 4 is 5.91 Å². The second-order valence-electron chi connectivity index (χ2n) is 5.87. The third kappa shape index (κ3) is 4.39. The summed E-state index contributed by atoms with van der Waals surface area (Å²) in [7, 11) is 0. The van der Waals surface area contributed by atoms with Crippen LogP contribution in [0.1, 0.15) is 24.2 Å². The molecule has 1 unspecified atom stereocenters. The van der Waals surface area contributed by atoms with Crippen LogP contribution in [0.3, 0.4) is 0 Å². The highest BCUT2D eigenvalue weighted by Crippen LogP contribution is 2.20. The van der Waals surface area contributed by atoms with Crippen LogP contribution in [0.5, 0.6) is 0 Å². The molecule has 0 saturated carbocycles. The first-order valence-electron chi connectivity index (χ1n) is 8.20. The molecule has 1 aromatic carbocycles. The van der Waals surface area contributed by atoms with Crippen LogP contribution in [-0.4, -0.2) is 41.8 Å². The van der Waals surface area contributed by atoms with Crippen molar-refractivity contribution in [1.82, 2.24) is 20.8 Å². The number of benzene rings is 1. The van der Waals surface area contributed by atoms with E-state index in [-0.39, 0.29) is 25.1 Å². The van der Waals surface area contributed by atoms with E-state index in [4.69, 9.17) is 9.26 Å². The van der Waals surface area contributed by atoms with Crippen molar-refractivity contribution in [2.45, 2.75) is 32.4 Å². The fourth-order valence-corrected chi connectivity index (χ4v) is 2.64. The van der Waals surface area contributed by atoms with Crippen molar-refractivity contribution in [2.75, 3.05) is 19.7 Å². The van der Waals surface area contributed by atoms with Gasteiger partial charge in [-0.1, -0.05) is 23.4 Å². The molecule has 2 heterocycles. The van der Waals surface area contributed by atoms with E-state index in [9.17, 15) is 4.79 Å². The van der Waals surface area contributed by atoms with E-state index in [0.717, 1.165) is 30.6 Å². The molecule has 1 aliphatic rings. The maximum atomic E-state index is 11.8. The minimum absolute atomic E-state index is 0.102. The van der Waals surface area contributed by atoms with Crippen LogP contribution in [0.25, 0.3) is 11.5 Å². The Hall–Kier alpha value is -2.25. The normalized spacial score (nSPS) is 17.1. The monoisotopic (exact) mass is 330 g/mol. The first-order chi connectivity index (χ1) is 11.7. The van der Waals surface area contributed by atoms with Gasteiger partial charge in [0.1, 0.15) is 0 Å². The summed E-state index contributed by atoms with van der Waals surface area (Å²) in [6, 6.07) is 7.80. The van der Waals surface area contributed by atoms with Crippen LogP contribution in [0.15, 0.2) is 28.8 Å². The Morgan fingerprint density at radius 2 is 2.25 bits per heavy atom. The van der Waals surface area contributed by atoms with Gasteiger partial charge in [0.15, 0.2) is 5.82 Å². The molecule has 2 aromatic rings. The van der Waals surface area contributed by atoms with Crippen LogP contribution in [0, 0.1) is 6.92 Å². The maximum absolute atomic E-state index is 11.8. The van der Waals surface area contributed by atoms with Gasteiger partial charge in [-0.15, -0.1) is 0 Å². The van der Waals surface area contributed by atoms with E-state index in [1.54, 1.807) is 0 Å². The van der Waals surface area contributed by atoms with E-state index in [1.807, 2.05) is 31.2 Å². The standard InChI is InChI=1S/C17H22N4O3/c1-12-5-2-3-7-14(12)17-20-15(21-24-17)10-19-16(22)11-18-9-13-6-4-8-23-13/h2-3,5,7,13,18H,4,6,8-11H2,1H3,(H,19,22). The Bertz CT molecular complexity index is 680. The smallest absolute Gasteiger partial charge is 0.258 e. The highest BCUT2D eigenvalue weighted by atomic mass is 16.5. The number of amides is 1. The molecule has 24 heavy (non-hydrogen) atoms. The lowest BCUT2D eigenvalue weighted by atomic mass is 10.1. The van der Waals surface area contributed by atoms with E-state index in [2.05, 4.69) is 20.8 Å². The fraction of sp³-hybridized carbons (Fsp3) is 0.471. The number of hydrogen-bond donors (Lipinski definition) is 2. The minimum Gasteiger partial charge on any atom is -0.377 e. The summed E-state index contributed by atoms with van der Waals surface area (Å²) < 4.78 is 10.8. The number of aryl methyl sites for hydroxylation is 1. The van der Waals surface area contributed by atoms with Gasteiger partial charge < -0.3 is 19.9 Å². The quantitative estimate of drug-likeness (QED) is 0.798. The van der Waals surface area contributed by atoms with Gasteiger partial charge in [0, 0.05) is 18.7 Å². The number of ether oxygens (including phenoxy) is 1. The summed E-state index contributed by atoms with van der Waals surface area (Å²) in [5, 5.41) is 9.78. The van der Waals surface area contributed by atoms with Gasteiger partial charge in [0.25, 0.3) is 5.89 Å². The molecule has 1 fully saturated rings. The Morgan fingerprint density at radius 1 is 1.38 bits per heavy atom. The Balaban J connectivity index is 1.43. The zero-order valence-corrected chi connectivity index (χ0v) is 13.7. The van der Waals surface area contributed by atoms with Gasteiger partial charge in [-0.05, 0) is 31.4 Å². The summed E-state index contributed by atoms with van der Waals surface area (Å²) in [5.41, 5.74) is 1.97. The molecule has 1 saturated heterocycles. The van der Waals surface area contributed by atoms with Crippen LogP contribution >= 0.6 is 0 Å². The van der Waals surface area contributed by atoms with Gasteiger partial charge >= 0.3 is 0 Å². The number of carbonyl (C=O) groups excluding carboxylic acids is 1. The average Bonchev–Trinajstić information content (AvgIpc) is 3.25. The van der Waals surface area contributed by atoms with E-state index < -0.39 is 0 Å². The maximum Gasteiger partial charge on any atom is 0.258 e. The van der Waals surface area contributed by atoms with Gasteiger partial charge in [-0.25, -0.2) is 0 Å². The number of hydrogen-bond acceptors (Lipinski definition) is 6. The van der Waals surface area contributed by atoms with Crippen molar-refractivity contribution in [1.29, 1.82) is 0 Å². The van der Waals surface area contributed by atoms with Gasteiger partial charge in [-0.2, -0.15) is 4.98 Å². The number of nitrogens with one attached hydrogen (secondary N) is 2. The van der Waals surface area contributed by atoms with Crippen molar-refractivity contribution in [3.63, 3.8) is 0 Å². The third-order valence-corrected chi connectivity index (χ3v) is 3.97. The van der Waals surface area contributed by atoms with E-state index in [1.165, 1.54) is 0 Å². The second-order valence-corrected chi connectivity index (χ2v) is 5.87. The second kappa shape index (κ2) is 8.03. The molecule has 0 spiro atoms. The summed E-state index contributed by atoms with van der Waals surface area (Å²) in [5.74, 6) is 0.824. The van der Waals surface area contributed by atoms with Crippen molar-refractivity contribution in [3.8, 4) is 11.5 Å². The number of aromatic nitrogens is 2.